The molecule has 0 saturated carbocycles. The van der Waals surface area contributed by atoms with Gasteiger partial charge in [-0.05, 0) is 43.2 Å². The van der Waals surface area contributed by atoms with Crippen molar-refractivity contribution in [3.8, 4) is 0 Å². The maximum atomic E-state index is 13.5. The number of nitrogens with zero attached hydrogens (tertiary/aromatic N) is 2. The van der Waals surface area contributed by atoms with Crippen molar-refractivity contribution in [3.05, 3.63) is 65.2 Å². The van der Waals surface area contributed by atoms with Crippen molar-refractivity contribution < 1.29 is 14.3 Å². The van der Waals surface area contributed by atoms with E-state index in [1.165, 1.54) is 12.1 Å². The molecule has 1 saturated heterocycles. The predicted molar refractivity (Wildman–Crippen MR) is 92.5 cm³/mol. The van der Waals surface area contributed by atoms with Crippen LogP contribution in [0.15, 0.2) is 42.5 Å². The van der Waals surface area contributed by atoms with Crippen LogP contribution in [-0.2, 0) is 6.42 Å². The molecule has 0 aliphatic carbocycles. The molecule has 25 heavy (non-hydrogen) atoms. The Morgan fingerprint density at radius 3 is 2.92 bits per heavy atom. The van der Waals surface area contributed by atoms with E-state index in [0.29, 0.717) is 24.9 Å². The molecule has 1 fully saturated rings. The molecule has 2 N–H and O–H groups in total. The molecular formula is C19H22FN3O2. The summed E-state index contributed by atoms with van der Waals surface area (Å²) in [5.74, 6) is -0.343. The Hall–Kier alpha value is -2.47. The van der Waals surface area contributed by atoms with Gasteiger partial charge in [0.2, 0.25) is 0 Å². The number of likely N-dealkylation sites (tertiary alicyclic amines) is 1. The number of pyridine rings is 1. The number of aromatic nitrogens is 1. The third-order valence-electron chi connectivity index (χ3n) is 4.38. The Morgan fingerprint density at radius 1 is 1.36 bits per heavy atom. The van der Waals surface area contributed by atoms with E-state index in [4.69, 9.17) is 0 Å². The lowest BCUT2D eigenvalue weighted by Gasteiger charge is -2.25. The number of carbonyl (C=O) groups is 1. The van der Waals surface area contributed by atoms with Gasteiger partial charge in [0.05, 0.1) is 12.1 Å². The summed E-state index contributed by atoms with van der Waals surface area (Å²) in [5.41, 5.74) is 2.56. The van der Waals surface area contributed by atoms with Crippen molar-refractivity contribution in [3.63, 3.8) is 0 Å². The van der Waals surface area contributed by atoms with E-state index in [-0.39, 0.29) is 24.4 Å². The number of rotatable bonds is 4. The smallest absolute Gasteiger partial charge is 0.318 e. The van der Waals surface area contributed by atoms with Gasteiger partial charge in [-0.2, -0.15) is 0 Å². The first-order valence-electron chi connectivity index (χ1n) is 8.43. The van der Waals surface area contributed by atoms with Crippen LogP contribution in [0, 0.1) is 12.7 Å². The number of benzene rings is 1. The number of aryl methyl sites for hydroxylation is 1. The zero-order chi connectivity index (χ0) is 17.8. The minimum Gasteiger partial charge on any atom is -0.391 e. The van der Waals surface area contributed by atoms with Crippen molar-refractivity contribution in [2.75, 3.05) is 13.1 Å². The zero-order valence-corrected chi connectivity index (χ0v) is 14.2. The van der Waals surface area contributed by atoms with E-state index in [1.807, 2.05) is 25.1 Å². The second kappa shape index (κ2) is 7.61. The summed E-state index contributed by atoms with van der Waals surface area (Å²) in [5, 5.41) is 12.8. The summed E-state index contributed by atoms with van der Waals surface area (Å²) in [6, 6.07) is 11.4. The first kappa shape index (κ1) is 17.4. The lowest BCUT2D eigenvalue weighted by molar-refractivity contribution is 0.169. The molecule has 3 rings (SSSR count). The molecule has 1 aliphatic heterocycles. The van der Waals surface area contributed by atoms with Crippen LogP contribution in [0.3, 0.4) is 0 Å². The number of aliphatic hydroxyl groups is 1. The van der Waals surface area contributed by atoms with Crippen LogP contribution in [0.2, 0.25) is 0 Å². The highest BCUT2D eigenvalue weighted by Crippen LogP contribution is 2.32. The third kappa shape index (κ3) is 4.33. The number of hydrogen-bond donors (Lipinski definition) is 2. The number of amides is 2. The topological polar surface area (TPSA) is 65.5 Å². The zero-order valence-electron chi connectivity index (χ0n) is 14.2. The quantitative estimate of drug-likeness (QED) is 0.897. The molecule has 1 aromatic heterocycles. The number of β-amino-alcohol motifs (C(OH)–C–C–N with tert-alkyl or cyclic N) is 1. The molecule has 2 atom stereocenters. The fourth-order valence-electron chi connectivity index (χ4n) is 3.21. The molecule has 1 aromatic carbocycles. The van der Waals surface area contributed by atoms with Crippen LogP contribution >= 0.6 is 0 Å². The Balaban J connectivity index is 1.61. The molecule has 1 aliphatic rings. The number of aliphatic hydroxyl groups excluding tert-OH is 1. The van der Waals surface area contributed by atoms with Crippen LogP contribution in [0.4, 0.5) is 9.18 Å². The summed E-state index contributed by atoms with van der Waals surface area (Å²) < 4.78 is 13.5. The van der Waals surface area contributed by atoms with Gasteiger partial charge < -0.3 is 15.3 Å². The normalized spacial score (nSPS) is 19.9. The van der Waals surface area contributed by atoms with Crippen molar-refractivity contribution in [1.82, 2.24) is 15.2 Å². The number of carbonyl (C=O) groups excluding carboxylic acids is 1. The summed E-state index contributed by atoms with van der Waals surface area (Å²) >= 11 is 0. The first-order valence-corrected chi connectivity index (χ1v) is 8.43. The highest BCUT2D eigenvalue weighted by atomic mass is 19.1. The van der Waals surface area contributed by atoms with Crippen molar-refractivity contribution in [1.29, 1.82) is 0 Å². The van der Waals surface area contributed by atoms with Gasteiger partial charge in [-0.15, -0.1) is 0 Å². The standard InChI is InChI=1S/C19H22FN3O2/c1-13-4-2-7-16(22-13)8-9-21-19(25)23-12-17(24)11-18(23)14-5-3-6-15(20)10-14/h2-7,10,17-18,24H,8-9,11-12H2,1H3,(H,21,25)/t17-,18+/m1/s1. The highest BCUT2D eigenvalue weighted by molar-refractivity contribution is 5.75. The lowest BCUT2D eigenvalue weighted by Crippen LogP contribution is -2.41. The molecule has 2 heterocycles. The van der Waals surface area contributed by atoms with E-state index < -0.39 is 6.10 Å². The molecular weight excluding hydrogens is 321 g/mol. The Bertz CT molecular complexity index is 753. The third-order valence-corrected chi connectivity index (χ3v) is 4.38. The fourth-order valence-corrected chi connectivity index (χ4v) is 3.21. The molecule has 6 heteroatoms. The minimum absolute atomic E-state index is 0.246. The van der Waals surface area contributed by atoms with Crippen molar-refractivity contribution in [2.45, 2.75) is 31.9 Å². The van der Waals surface area contributed by atoms with Gasteiger partial charge in [0.25, 0.3) is 0 Å². The molecule has 0 radical (unpaired) electrons. The Morgan fingerprint density at radius 2 is 2.16 bits per heavy atom. The molecule has 132 valence electrons. The van der Waals surface area contributed by atoms with Crippen LogP contribution < -0.4 is 5.32 Å². The second-order valence-corrected chi connectivity index (χ2v) is 6.36. The molecule has 2 aromatic rings. The van der Waals surface area contributed by atoms with Gasteiger partial charge in [-0.1, -0.05) is 18.2 Å². The second-order valence-electron chi connectivity index (χ2n) is 6.36. The van der Waals surface area contributed by atoms with E-state index in [9.17, 15) is 14.3 Å². The summed E-state index contributed by atoms with van der Waals surface area (Å²) in [6.07, 6.45) is 0.447. The first-order chi connectivity index (χ1) is 12.0. The average Bonchev–Trinajstić information content (AvgIpc) is 2.97. The van der Waals surface area contributed by atoms with Crippen LogP contribution in [0.5, 0.6) is 0 Å². The van der Waals surface area contributed by atoms with E-state index in [2.05, 4.69) is 10.3 Å². The maximum Gasteiger partial charge on any atom is 0.318 e. The minimum atomic E-state index is -0.600. The maximum absolute atomic E-state index is 13.5. The van der Waals surface area contributed by atoms with Gasteiger partial charge in [0.15, 0.2) is 0 Å². The summed E-state index contributed by atoms with van der Waals surface area (Å²) in [7, 11) is 0. The average molecular weight is 343 g/mol. The largest absolute Gasteiger partial charge is 0.391 e. The summed E-state index contributed by atoms with van der Waals surface area (Å²) in [4.78, 5) is 18.5. The molecule has 0 unspecified atom stereocenters. The number of urea groups is 1. The van der Waals surface area contributed by atoms with Crippen LogP contribution in [-0.4, -0.2) is 40.2 Å². The number of hydrogen-bond acceptors (Lipinski definition) is 3. The van der Waals surface area contributed by atoms with Gasteiger partial charge in [-0.25, -0.2) is 9.18 Å². The summed E-state index contributed by atoms with van der Waals surface area (Å²) in [6.45, 7) is 2.63. The molecule has 0 spiro atoms. The number of halogens is 1. The number of nitrogens with one attached hydrogen (secondary N) is 1. The van der Waals surface area contributed by atoms with Gasteiger partial charge in [-0.3, -0.25) is 4.98 Å². The van der Waals surface area contributed by atoms with Crippen molar-refractivity contribution >= 4 is 6.03 Å². The Kier molecular flexibility index (Phi) is 5.28. The predicted octanol–water partition coefficient (Wildman–Crippen LogP) is 2.59. The monoisotopic (exact) mass is 343 g/mol. The van der Waals surface area contributed by atoms with Gasteiger partial charge >= 0.3 is 6.03 Å². The molecule has 5 nitrogen and oxygen atoms in total. The fraction of sp³-hybridized carbons (Fsp3) is 0.368. The van der Waals surface area contributed by atoms with Gasteiger partial charge in [0.1, 0.15) is 5.82 Å². The molecule has 0 bridgehead atoms. The van der Waals surface area contributed by atoms with Crippen LogP contribution in [0.1, 0.15) is 29.4 Å². The van der Waals surface area contributed by atoms with Crippen molar-refractivity contribution in [2.24, 2.45) is 0 Å². The van der Waals surface area contributed by atoms with E-state index in [0.717, 1.165) is 11.4 Å². The SMILES string of the molecule is Cc1cccc(CCNC(=O)N2C[C@H](O)C[C@H]2c2cccc(F)c2)n1. The Labute approximate surface area is 146 Å². The van der Waals surface area contributed by atoms with E-state index in [1.54, 1.807) is 17.0 Å². The van der Waals surface area contributed by atoms with Gasteiger partial charge in [0, 0.05) is 30.9 Å². The molecule has 2 amide bonds. The van der Waals surface area contributed by atoms with E-state index >= 15 is 0 Å². The van der Waals surface area contributed by atoms with Crippen LogP contribution in [0.25, 0.3) is 0 Å². The lowest BCUT2D eigenvalue weighted by atomic mass is 10.0. The highest BCUT2D eigenvalue weighted by Gasteiger charge is 2.35.